The molecule has 0 aliphatic heterocycles. The first-order chi connectivity index (χ1) is 8.09. The Kier molecular flexibility index (Phi) is 5.70. The van der Waals surface area contributed by atoms with Crippen LogP contribution in [0.5, 0.6) is 0 Å². The fraction of sp³-hybridized carbons (Fsp3) is 0.500. The molecule has 1 atom stereocenters. The van der Waals surface area contributed by atoms with Crippen LogP contribution in [0.3, 0.4) is 0 Å². The minimum atomic E-state index is 0.104. The van der Waals surface area contributed by atoms with E-state index in [0.717, 1.165) is 0 Å². The zero-order valence-corrected chi connectivity index (χ0v) is 10.9. The molecule has 0 aromatic heterocycles. The predicted octanol–water partition coefficient (Wildman–Crippen LogP) is 2.25. The number of benzene rings is 1. The van der Waals surface area contributed by atoms with Crippen molar-refractivity contribution in [3.8, 4) is 0 Å². The quantitative estimate of drug-likeness (QED) is 0.792. The van der Waals surface area contributed by atoms with Gasteiger partial charge in [-0.15, -0.1) is 0 Å². The number of amides is 1. The molecule has 3 nitrogen and oxygen atoms in total. The maximum absolute atomic E-state index is 11.4. The minimum Gasteiger partial charge on any atom is -0.354 e. The van der Waals surface area contributed by atoms with Crippen molar-refractivity contribution in [2.24, 2.45) is 0 Å². The molecule has 0 aliphatic carbocycles. The Balaban J connectivity index is 2.25. The third-order valence-electron chi connectivity index (χ3n) is 2.55. The molecule has 0 fully saturated rings. The van der Waals surface area contributed by atoms with Crippen molar-refractivity contribution in [1.82, 2.24) is 10.6 Å². The van der Waals surface area contributed by atoms with E-state index in [1.54, 1.807) is 0 Å². The van der Waals surface area contributed by atoms with Crippen LogP contribution in [0.15, 0.2) is 30.3 Å². The Morgan fingerprint density at radius 2 is 1.82 bits per heavy atom. The molecule has 94 valence electrons. The van der Waals surface area contributed by atoms with Gasteiger partial charge in [0.15, 0.2) is 0 Å². The van der Waals surface area contributed by atoms with Crippen LogP contribution in [0, 0.1) is 0 Å². The number of carbonyl (C=O) groups excluding carboxylic acids is 1. The predicted molar refractivity (Wildman–Crippen MR) is 70.8 cm³/mol. The lowest BCUT2D eigenvalue weighted by atomic mass is 10.1. The SMILES string of the molecule is CC(C)NC(=O)CCN[C@H](C)c1ccccc1. The molecule has 0 heterocycles. The van der Waals surface area contributed by atoms with Crippen LogP contribution in [-0.2, 0) is 4.79 Å². The van der Waals surface area contributed by atoms with Crippen molar-refractivity contribution in [3.63, 3.8) is 0 Å². The van der Waals surface area contributed by atoms with Gasteiger partial charge in [0.1, 0.15) is 0 Å². The lowest BCUT2D eigenvalue weighted by molar-refractivity contribution is -0.121. The number of carbonyl (C=O) groups is 1. The maximum atomic E-state index is 11.4. The van der Waals surface area contributed by atoms with Crippen LogP contribution in [-0.4, -0.2) is 18.5 Å². The Bertz CT molecular complexity index is 335. The second-order valence-electron chi connectivity index (χ2n) is 4.56. The lowest BCUT2D eigenvalue weighted by Crippen LogP contribution is -2.33. The standard InChI is InChI=1S/C14H22N2O/c1-11(2)16-14(17)9-10-15-12(3)13-7-5-4-6-8-13/h4-8,11-12,15H,9-10H2,1-3H3,(H,16,17)/t12-/m1/s1. The van der Waals surface area contributed by atoms with Gasteiger partial charge < -0.3 is 10.6 Å². The zero-order valence-electron chi connectivity index (χ0n) is 10.9. The van der Waals surface area contributed by atoms with Crippen LogP contribution in [0.25, 0.3) is 0 Å². The van der Waals surface area contributed by atoms with Crippen molar-refractivity contribution in [2.75, 3.05) is 6.54 Å². The van der Waals surface area contributed by atoms with Gasteiger partial charge in [-0.3, -0.25) is 4.79 Å². The highest BCUT2D eigenvalue weighted by molar-refractivity contribution is 5.76. The molecule has 1 amide bonds. The first-order valence-corrected chi connectivity index (χ1v) is 6.17. The normalized spacial score (nSPS) is 12.5. The summed E-state index contributed by atoms with van der Waals surface area (Å²) in [6.07, 6.45) is 0.523. The molecule has 1 aromatic rings. The van der Waals surface area contributed by atoms with Gasteiger partial charge in [-0.2, -0.15) is 0 Å². The number of hydrogen-bond donors (Lipinski definition) is 2. The van der Waals surface area contributed by atoms with Crippen LogP contribution in [0.1, 0.15) is 38.8 Å². The largest absolute Gasteiger partial charge is 0.354 e. The van der Waals surface area contributed by atoms with Gasteiger partial charge in [0, 0.05) is 25.0 Å². The van der Waals surface area contributed by atoms with Gasteiger partial charge >= 0.3 is 0 Å². The highest BCUT2D eigenvalue weighted by Crippen LogP contribution is 2.10. The third kappa shape index (κ3) is 5.50. The lowest BCUT2D eigenvalue weighted by Gasteiger charge is -2.14. The van der Waals surface area contributed by atoms with Crippen LogP contribution >= 0.6 is 0 Å². The van der Waals surface area contributed by atoms with E-state index in [4.69, 9.17) is 0 Å². The summed E-state index contributed by atoms with van der Waals surface area (Å²) < 4.78 is 0. The Hall–Kier alpha value is -1.35. The van der Waals surface area contributed by atoms with Gasteiger partial charge in [-0.1, -0.05) is 30.3 Å². The Morgan fingerprint density at radius 3 is 2.41 bits per heavy atom. The van der Waals surface area contributed by atoms with E-state index in [0.29, 0.717) is 13.0 Å². The van der Waals surface area contributed by atoms with E-state index < -0.39 is 0 Å². The Labute approximate surface area is 104 Å². The molecule has 0 unspecified atom stereocenters. The van der Waals surface area contributed by atoms with E-state index in [1.165, 1.54) is 5.56 Å². The molecule has 0 bridgehead atoms. The van der Waals surface area contributed by atoms with Crippen LogP contribution < -0.4 is 10.6 Å². The molecule has 1 rings (SSSR count). The van der Waals surface area contributed by atoms with Crippen molar-refractivity contribution < 1.29 is 4.79 Å². The molecule has 1 aromatic carbocycles. The summed E-state index contributed by atoms with van der Waals surface area (Å²) in [5, 5.41) is 6.22. The van der Waals surface area contributed by atoms with Gasteiger partial charge in [0.2, 0.25) is 5.91 Å². The number of hydrogen-bond acceptors (Lipinski definition) is 2. The molecular formula is C14H22N2O. The maximum Gasteiger partial charge on any atom is 0.221 e. The van der Waals surface area contributed by atoms with E-state index in [2.05, 4.69) is 29.7 Å². The van der Waals surface area contributed by atoms with Gasteiger partial charge in [0.05, 0.1) is 0 Å². The number of nitrogens with one attached hydrogen (secondary N) is 2. The topological polar surface area (TPSA) is 41.1 Å². The second-order valence-corrected chi connectivity index (χ2v) is 4.56. The molecule has 0 aliphatic rings. The summed E-state index contributed by atoms with van der Waals surface area (Å²) in [6, 6.07) is 10.7. The summed E-state index contributed by atoms with van der Waals surface area (Å²) >= 11 is 0. The van der Waals surface area contributed by atoms with Crippen LogP contribution in [0.2, 0.25) is 0 Å². The highest BCUT2D eigenvalue weighted by Gasteiger charge is 2.06. The minimum absolute atomic E-state index is 0.104. The Morgan fingerprint density at radius 1 is 1.18 bits per heavy atom. The van der Waals surface area contributed by atoms with Crippen molar-refractivity contribution in [3.05, 3.63) is 35.9 Å². The van der Waals surface area contributed by atoms with Crippen molar-refractivity contribution >= 4 is 5.91 Å². The molecule has 17 heavy (non-hydrogen) atoms. The number of rotatable bonds is 6. The van der Waals surface area contributed by atoms with Gasteiger partial charge in [-0.25, -0.2) is 0 Å². The zero-order chi connectivity index (χ0) is 12.7. The molecular weight excluding hydrogens is 212 g/mol. The summed E-state index contributed by atoms with van der Waals surface area (Å²) in [5.74, 6) is 0.104. The molecule has 0 spiro atoms. The average Bonchev–Trinajstić information content (AvgIpc) is 2.29. The average molecular weight is 234 g/mol. The third-order valence-corrected chi connectivity index (χ3v) is 2.55. The molecule has 0 saturated heterocycles. The first-order valence-electron chi connectivity index (χ1n) is 6.17. The van der Waals surface area contributed by atoms with E-state index in [9.17, 15) is 4.79 Å². The monoisotopic (exact) mass is 234 g/mol. The summed E-state index contributed by atoms with van der Waals surface area (Å²) in [7, 11) is 0. The summed E-state index contributed by atoms with van der Waals surface area (Å²) in [6.45, 7) is 6.75. The fourth-order valence-electron chi connectivity index (χ4n) is 1.66. The fourth-order valence-corrected chi connectivity index (χ4v) is 1.66. The van der Waals surface area contributed by atoms with E-state index >= 15 is 0 Å². The molecule has 3 heteroatoms. The van der Waals surface area contributed by atoms with Crippen molar-refractivity contribution in [1.29, 1.82) is 0 Å². The summed E-state index contributed by atoms with van der Waals surface area (Å²) in [4.78, 5) is 11.4. The second kappa shape index (κ2) is 7.07. The van der Waals surface area contributed by atoms with E-state index in [1.807, 2.05) is 32.0 Å². The summed E-state index contributed by atoms with van der Waals surface area (Å²) in [5.41, 5.74) is 1.25. The molecule has 2 N–H and O–H groups in total. The van der Waals surface area contributed by atoms with Crippen molar-refractivity contribution in [2.45, 2.75) is 39.3 Å². The molecule has 0 saturated carbocycles. The molecule has 0 radical (unpaired) electrons. The first kappa shape index (κ1) is 13.7. The van der Waals surface area contributed by atoms with Gasteiger partial charge in [-0.05, 0) is 26.3 Å². The van der Waals surface area contributed by atoms with Crippen LogP contribution in [0.4, 0.5) is 0 Å². The highest BCUT2D eigenvalue weighted by atomic mass is 16.1. The van der Waals surface area contributed by atoms with Gasteiger partial charge in [0.25, 0.3) is 0 Å². The van der Waals surface area contributed by atoms with E-state index in [-0.39, 0.29) is 18.0 Å². The smallest absolute Gasteiger partial charge is 0.221 e.